The number of methoxy groups -OCH3 is 1. The van der Waals surface area contributed by atoms with Gasteiger partial charge in [-0.3, -0.25) is 14.6 Å². The van der Waals surface area contributed by atoms with Crippen LogP contribution in [0.3, 0.4) is 0 Å². The predicted molar refractivity (Wildman–Crippen MR) is 69.3 cm³/mol. The Morgan fingerprint density at radius 2 is 2.16 bits per heavy atom. The Morgan fingerprint density at radius 3 is 2.84 bits per heavy atom. The number of rotatable bonds is 3. The molecular formula is C14H18N2O3. The molecule has 0 aromatic carbocycles. The van der Waals surface area contributed by atoms with E-state index < -0.39 is 0 Å². The van der Waals surface area contributed by atoms with Gasteiger partial charge in [0.1, 0.15) is 0 Å². The highest BCUT2D eigenvalue weighted by Crippen LogP contribution is 2.18. The first kappa shape index (κ1) is 13.5. The molecular weight excluding hydrogens is 244 g/mol. The van der Waals surface area contributed by atoms with Crippen molar-refractivity contribution in [3.05, 3.63) is 30.1 Å². The number of ether oxygens (including phenoxy) is 1. The number of piperidine rings is 1. The topological polar surface area (TPSA) is 59.5 Å². The van der Waals surface area contributed by atoms with Crippen LogP contribution in [-0.4, -0.2) is 42.0 Å². The Labute approximate surface area is 112 Å². The van der Waals surface area contributed by atoms with Gasteiger partial charge in [-0.15, -0.1) is 0 Å². The number of carbonyl (C=O) groups excluding carboxylic acids is 2. The molecule has 1 unspecified atom stereocenters. The van der Waals surface area contributed by atoms with Gasteiger partial charge in [0.05, 0.1) is 19.4 Å². The number of carbonyl (C=O) groups is 2. The fraction of sp³-hybridized carbons (Fsp3) is 0.500. The maximum Gasteiger partial charge on any atom is 0.310 e. The molecule has 1 aliphatic heterocycles. The van der Waals surface area contributed by atoms with Crippen molar-refractivity contribution in [1.29, 1.82) is 0 Å². The van der Waals surface area contributed by atoms with Crippen LogP contribution in [-0.2, 0) is 20.7 Å². The number of esters is 1. The summed E-state index contributed by atoms with van der Waals surface area (Å²) in [5.74, 6) is -0.346. The van der Waals surface area contributed by atoms with Crippen molar-refractivity contribution in [2.24, 2.45) is 5.92 Å². The molecule has 0 aliphatic carbocycles. The molecule has 1 fully saturated rings. The number of pyridine rings is 1. The van der Waals surface area contributed by atoms with E-state index in [1.807, 2.05) is 12.1 Å². The molecule has 1 saturated heterocycles. The fourth-order valence-corrected chi connectivity index (χ4v) is 2.35. The van der Waals surface area contributed by atoms with E-state index in [1.165, 1.54) is 7.11 Å². The Kier molecular flexibility index (Phi) is 4.49. The lowest BCUT2D eigenvalue weighted by Crippen LogP contribution is -2.43. The molecule has 1 aromatic rings. The molecule has 1 aromatic heterocycles. The number of hydrogen-bond donors (Lipinski definition) is 0. The molecule has 1 aliphatic rings. The van der Waals surface area contributed by atoms with Crippen LogP contribution in [0.5, 0.6) is 0 Å². The lowest BCUT2D eigenvalue weighted by Gasteiger charge is -2.31. The third-order valence-electron chi connectivity index (χ3n) is 3.41. The van der Waals surface area contributed by atoms with Gasteiger partial charge in [0.25, 0.3) is 0 Å². The number of amides is 1. The lowest BCUT2D eigenvalue weighted by molar-refractivity contribution is -0.148. The zero-order valence-corrected chi connectivity index (χ0v) is 11.0. The second kappa shape index (κ2) is 6.31. The van der Waals surface area contributed by atoms with E-state index in [0.29, 0.717) is 13.0 Å². The summed E-state index contributed by atoms with van der Waals surface area (Å²) in [7, 11) is 1.39. The van der Waals surface area contributed by atoms with Gasteiger partial charge in [0.2, 0.25) is 5.91 Å². The van der Waals surface area contributed by atoms with Crippen molar-refractivity contribution in [3.8, 4) is 0 Å². The molecule has 0 radical (unpaired) electrons. The van der Waals surface area contributed by atoms with Crippen LogP contribution in [0.1, 0.15) is 18.4 Å². The Bertz CT molecular complexity index is 447. The average molecular weight is 262 g/mol. The van der Waals surface area contributed by atoms with Crippen LogP contribution in [0.15, 0.2) is 24.5 Å². The smallest absolute Gasteiger partial charge is 0.310 e. The zero-order chi connectivity index (χ0) is 13.7. The molecule has 0 bridgehead atoms. The Balaban J connectivity index is 1.94. The van der Waals surface area contributed by atoms with Crippen molar-refractivity contribution < 1.29 is 14.3 Å². The largest absolute Gasteiger partial charge is 0.469 e. The molecule has 2 heterocycles. The molecule has 1 amide bonds. The summed E-state index contributed by atoms with van der Waals surface area (Å²) in [6.45, 7) is 1.19. The molecule has 102 valence electrons. The van der Waals surface area contributed by atoms with Gasteiger partial charge in [0, 0.05) is 25.5 Å². The molecule has 5 heteroatoms. The number of likely N-dealkylation sites (tertiary alicyclic amines) is 1. The van der Waals surface area contributed by atoms with E-state index >= 15 is 0 Å². The van der Waals surface area contributed by atoms with E-state index in [2.05, 4.69) is 4.98 Å². The molecule has 0 N–H and O–H groups in total. The van der Waals surface area contributed by atoms with E-state index in [4.69, 9.17) is 4.74 Å². The molecule has 5 nitrogen and oxygen atoms in total. The van der Waals surface area contributed by atoms with Crippen molar-refractivity contribution in [2.45, 2.75) is 19.3 Å². The second-order valence-corrected chi connectivity index (χ2v) is 4.73. The normalized spacial score (nSPS) is 19.0. The summed E-state index contributed by atoms with van der Waals surface area (Å²) < 4.78 is 4.75. The Hall–Kier alpha value is -1.91. The molecule has 0 saturated carbocycles. The highest BCUT2D eigenvalue weighted by atomic mass is 16.5. The quantitative estimate of drug-likeness (QED) is 0.764. The predicted octanol–water partition coefficient (Wildman–Crippen LogP) is 1.04. The summed E-state index contributed by atoms with van der Waals surface area (Å²) in [5, 5.41) is 0. The van der Waals surface area contributed by atoms with Gasteiger partial charge < -0.3 is 9.64 Å². The van der Waals surface area contributed by atoms with Crippen molar-refractivity contribution in [1.82, 2.24) is 9.88 Å². The second-order valence-electron chi connectivity index (χ2n) is 4.73. The van der Waals surface area contributed by atoms with E-state index in [1.54, 1.807) is 17.3 Å². The van der Waals surface area contributed by atoms with Crippen LogP contribution >= 0.6 is 0 Å². The van der Waals surface area contributed by atoms with Crippen molar-refractivity contribution in [2.75, 3.05) is 20.2 Å². The maximum absolute atomic E-state index is 12.2. The van der Waals surface area contributed by atoms with Crippen molar-refractivity contribution in [3.63, 3.8) is 0 Å². The average Bonchev–Trinajstić information content (AvgIpc) is 2.47. The van der Waals surface area contributed by atoms with E-state index in [-0.39, 0.29) is 17.8 Å². The van der Waals surface area contributed by atoms with Gasteiger partial charge in [-0.25, -0.2) is 0 Å². The SMILES string of the molecule is COC(=O)C1CCCN(C(=O)Cc2ccncc2)C1. The summed E-state index contributed by atoms with van der Waals surface area (Å²) in [6, 6.07) is 3.67. The highest BCUT2D eigenvalue weighted by Gasteiger charge is 2.28. The highest BCUT2D eigenvalue weighted by molar-refractivity contribution is 5.80. The fourth-order valence-electron chi connectivity index (χ4n) is 2.35. The molecule has 19 heavy (non-hydrogen) atoms. The first-order valence-electron chi connectivity index (χ1n) is 6.45. The number of aromatic nitrogens is 1. The molecule has 1 atom stereocenters. The van der Waals surface area contributed by atoms with Gasteiger partial charge in [0.15, 0.2) is 0 Å². The summed E-state index contributed by atoms with van der Waals surface area (Å²) >= 11 is 0. The number of nitrogens with zero attached hydrogens (tertiary/aromatic N) is 2. The first-order chi connectivity index (χ1) is 9.20. The molecule has 0 spiro atoms. The zero-order valence-electron chi connectivity index (χ0n) is 11.0. The maximum atomic E-state index is 12.2. The monoisotopic (exact) mass is 262 g/mol. The summed E-state index contributed by atoms with van der Waals surface area (Å²) in [5.41, 5.74) is 0.945. The van der Waals surface area contributed by atoms with Gasteiger partial charge in [-0.2, -0.15) is 0 Å². The third-order valence-corrected chi connectivity index (χ3v) is 3.41. The van der Waals surface area contributed by atoms with E-state index in [0.717, 1.165) is 24.9 Å². The summed E-state index contributed by atoms with van der Waals surface area (Å²) in [6.07, 6.45) is 5.36. The van der Waals surface area contributed by atoms with Gasteiger partial charge in [-0.1, -0.05) is 0 Å². The number of hydrogen-bond acceptors (Lipinski definition) is 4. The third kappa shape index (κ3) is 3.53. The lowest BCUT2D eigenvalue weighted by atomic mass is 9.97. The van der Waals surface area contributed by atoms with Crippen LogP contribution in [0.4, 0.5) is 0 Å². The minimum Gasteiger partial charge on any atom is -0.469 e. The minimum absolute atomic E-state index is 0.0554. The van der Waals surface area contributed by atoms with Gasteiger partial charge >= 0.3 is 5.97 Å². The minimum atomic E-state index is -0.221. The van der Waals surface area contributed by atoms with Crippen LogP contribution in [0, 0.1) is 5.92 Å². The van der Waals surface area contributed by atoms with Crippen LogP contribution < -0.4 is 0 Å². The van der Waals surface area contributed by atoms with Gasteiger partial charge in [-0.05, 0) is 30.5 Å². The van der Waals surface area contributed by atoms with Crippen molar-refractivity contribution >= 4 is 11.9 Å². The van der Waals surface area contributed by atoms with E-state index in [9.17, 15) is 9.59 Å². The first-order valence-corrected chi connectivity index (χ1v) is 6.45. The summed E-state index contributed by atoms with van der Waals surface area (Å²) in [4.78, 5) is 29.4. The van der Waals surface area contributed by atoms with Crippen LogP contribution in [0.25, 0.3) is 0 Å². The van der Waals surface area contributed by atoms with Crippen LogP contribution in [0.2, 0.25) is 0 Å². The standard InChI is InChI=1S/C14H18N2O3/c1-19-14(18)12-3-2-8-16(10-12)13(17)9-11-4-6-15-7-5-11/h4-7,12H,2-3,8-10H2,1H3. The molecule has 2 rings (SSSR count). The Morgan fingerprint density at radius 1 is 1.42 bits per heavy atom.